The molecular weight excluding hydrogens is 431 g/mol. The van der Waals surface area contributed by atoms with Crippen LogP contribution in [0.3, 0.4) is 0 Å². The first kappa shape index (κ1) is 36.3. The van der Waals surface area contributed by atoms with Gasteiger partial charge in [0.05, 0.1) is 0 Å². The molecule has 3 nitrogen and oxygen atoms in total. The van der Waals surface area contributed by atoms with Gasteiger partial charge in [0, 0.05) is 12.8 Å². The van der Waals surface area contributed by atoms with Crippen LogP contribution in [0.2, 0.25) is 0 Å². The topological polar surface area (TPSA) is 43.4 Å². The third-order valence-electron chi connectivity index (χ3n) is 6.70. The summed E-state index contributed by atoms with van der Waals surface area (Å²) in [7, 11) is 0. The monoisotopic (exact) mass is 489 g/mol. The minimum atomic E-state index is -0.330. The van der Waals surface area contributed by atoms with E-state index in [4.69, 9.17) is 4.74 Å². The van der Waals surface area contributed by atoms with Crippen LogP contribution in [0.15, 0.2) is 0 Å². The second-order valence-corrected chi connectivity index (χ2v) is 10.1. The van der Waals surface area contributed by atoms with Gasteiger partial charge in [-0.15, -0.1) is 0 Å². The Labute approximate surface area is 235 Å². The van der Waals surface area contributed by atoms with E-state index in [1.807, 2.05) is 0 Å². The summed E-state index contributed by atoms with van der Waals surface area (Å²) in [5.41, 5.74) is 0. The van der Waals surface area contributed by atoms with E-state index in [9.17, 15) is 9.59 Å². The molecule has 0 aliphatic heterocycles. The molecule has 0 radical (unpaired) electrons. The molecule has 0 heterocycles. The molecule has 4 heteroatoms. The molecule has 0 bridgehead atoms. The number of esters is 2. The fourth-order valence-electron chi connectivity index (χ4n) is 4.45. The summed E-state index contributed by atoms with van der Waals surface area (Å²) in [4.78, 5) is 23.6. The molecule has 0 aliphatic carbocycles. The van der Waals surface area contributed by atoms with Crippen LogP contribution in [0.1, 0.15) is 181 Å². The van der Waals surface area contributed by atoms with Gasteiger partial charge in [-0.05, 0) is 12.8 Å². The molecule has 0 aliphatic rings. The van der Waals surface area contributed by atoms with Crippen molar-refractivity contribution < 1.29 is 43.9 Å². The van der Waals surface area contributed by atoms with Crippen LogP contribution in [0.25, 0.3) is 0 Å². The van der Waals surface area contributed by atoms with Gasteiger partial charge in [-0.3, -0.25) is 9.59 Å². The Balaban J connectivity index is 0. The van der Waals surface area contributed by atoms with Crippen LogP contribution in [-0.4, -0.2) is 11.9 Å². The Kier molecular flexibility index (Phi) is 33.3. The van der Waals surface area contributed by atoms with Gasteiger partial charge in [0.25, 0.3) is 0 Å². The fourth-order valence-corrected chi connectivity index (χ4v) is 4.45. The third kappa shape index (κ3) is 30.2. The van der Waals surface area contributed by atoms with Gasteiger partial charge >= 0.3 is 41.5 Å². The first-order valence-corrected chi connectivity index (χ1v) is 14.9. The molecule has 0 atom stereocenters. The molecule has 0 saturated heterocycles. The van der Waals surface area contributed by atoms with E-state index in [2.05, 4.69) is 13.8 Å². The van der Waals surface area contributed by atoms with E-state index >= 15 is 0 Å². The Morgan fingerprint density at radius 3 is 0.824 bits per heavy atom. The Morgan fingerprint density at radius 1 is 0.382 bits per heavy atom. The van der Waals surface area contributed by atoms with Crippen molar-refractivity contribution in [2.24, 2.45) is 0 Å². The second kappa shape index (κ2) is 31.2. The maximum absolute atomic E-state index is 11.8. The van der Waals surface area contributed by atoms with Crippen molar-refractivity contribution in [3.8, 4) is 0 Å². The van der Waals surface area contributed by atoms with Gasteiger partial charge in [0.15, 0.2) is 0 Å². The second-order valence-electron chi connectivity index (χ2n) is 10.1. The van der Waals surface area contributed by atoms with Crippen LogP contribution in [-0.2, 0) is 14.3 Å². The van der Waals surface area contributed by atoms with Gasteiger partial charge in [-0.2, -0.15) is 0 Å². The standard InChI is InChI=1S/C30H58O3.Na/c1-3-5-7-9-11-13-14-15-16-17-18-20-22-24-26-28-30(32)33-29(31)27-25-23-21-19-12-10-8-6-4-2;/h3-28H2,1-2H3;/q;+1. The Hall–Kier alpha value is 0.140. The Morgan fingerprint density at radius 2 is 0.588 bits per heavy atom. The Bertz CT molecular complexity index is 425. The molecule has 34 heavy (non-hydrogen) atoms. The van der Waals surface area contributed by atoms with Crippen molar-refractivity contribution in [3.05, 3.63) is 0 Å². The van der Waals surface area contributed by atoms with Gasteiger partial charge in [-0.25, -0.2) is 0 Å². The minimum Gasteiger partial charge on any atom is -0.393 e. The van der Waals surface area contributed by atoms with E-state index in [1.54, 1.807) is 0 Å². The predicted molar refractivity (Wildman–Crippen MR) is 142 cm³/mol. The summed E-state index contributed by atoms with van der Waals surface area (Å²) >= 11 is 0. The largest absolute Gasteiger partial charge is 1.00 e. The first-order valence-electron chi connectivity index (χ1n) is 14.9. The van der Waals surface area contributed by atoms with Crippen molar-refractivity contribution in [1.29, 1.82) is 0 Å². The van der Waals surface area contributed by atoms with Crippen molar-refractivity contribution in [2.45, 2.75) is 181 Å². The third-order valence-corrected chi connectivity index (χ3v) is 6.70. The average molecular weight is 490 g/mol. The van der Waals surface area contributed by atoms with Crippen LogP contribution in [0.5, 0.6) is 0 Å². The molecular formula is C30H58NaO3+. The quantitative estimate of drug-likeness (QED) is 0.0556. The zero-order valence-electron chi connectivity index (χ0n) is 23.6. The summed E-state index contributed by atoms with van der Waals surface area (Å²) in [6.07, 6.45) is 31.4. The number of hydrogen-bond donors (Lipinski definition) is 0. The molecule has 0 aromatic heterocycles. The summed E-state index contributed by atoms with van der Waals surface area (Å²) in [6, 6.07) is 0. The van der Waals surface area contributed by atoms with Crippen molar-refractivity contribution >= 4 is 11.9 Å². The number of unbranched alkanes of at least 4 members (excludes halogenated alkanes) is 22. The number of hydrogen-bond acceptors (Lipinski definition) is 3. The van der Waals surface area contributed by atoms with Crippen molar-refractivity contribution in [1.82, 2.24) is 0 Å². The number of carbonyl (C=O) groups is 2. The molecule has 0 N–H and O–H groups in total. The van der Waals surface area contributed by atoms with Gasteiger partial charge in [-0.1, -0.05) is 155 Å². The number of carbonyl (C=O) groups excluding carboxylic acids is 2. The van der Waals surface area contributed by atoms with Gasteiger partial charge in [0.1, 0.15) is 0 Å². The van der Waals surface area contributed by atoms with Gasteiger partial charge in [0.2, 0.25) is 0 Å². The molecule has 0 saturated carbocycles. The summed E-state index contributed by atoms with van der Waals surface area (Å²) < 4.78 is 4.96. The smallest absolute Gasteiger partial charge is 0.393 e. The maximum atomic E-state index is 11.8. The molecule has 0 spiro atoms. The van der Waals surface area contributed by atoms with E-state index < -0.39 is 0 Å². The molecule has 0 fully saturated rings. The van der Waals surface area contributed by atoms with E-state index in [1.165, 1.54) is 128 Å². The van der Waals surface area contributed by atoms with E-state index in [0.29, 0.717) is 12.8 Å². The molecule has 0 amide bonds. The van der Waals surface area contributed by atoms with E-state index in [-0.39, 0.29) is 41.5 Å². The van der Waals surface area contributed by atoms with Crippen LogP contribution in [0, 0.1) is 0 Å². The molecule has 0 unspecified atom stereocenters. The number of rotatable bonds is 26. The molecule has 0 aromatic carbocycles. The predicted octanol–water partition coefficient (Wildman–Crippen LogP) is 7.24. The fraction of sp³-hybridized carbons (Fsp3) is 0.933. The van der Waals surface area contributed by atoms with E-state index in [0.717, 1.165) is 25.7 Å². The number of ether oxygens (including phenoxy) is 1. The summed E-state index contributed by atoms with van der Waals surface area (Å²) in [6.45, 7) is 4.51. The maximum Gasteiger partial charge on any atom is 1.00 e. The first-order chi connectivity index (χ1) is 16.2. The molecule has 0 aromatic rings. The van der Waals surface area contributed by atoms with Crippen molar-refractivity contribution in [3.63, 3.8) is 0 Å². The summed E-state index contributed by atoms with van der Waals surface area (Å²) in [5.74, 6) is -0.658. The van der Waals surface area contributed by atoms with Crippen LogP contribution >= 0.6 is 0 Å². The molecule has 196 valence electrons. The van der Waals surface area contributed by atoms with Gasteiger partial charge < -0.3 is 4.74 Å². The van der Waals surface area contributed by atoms with Crippen LogP contribution in [0.4, 0.5) is 0 Å². The average Bonchev–Trinajstić information content (AvgIpc) is 2.80. The molecule has 0 rings (SSSR count). The van der Waals surface area contributed by atoms with Crippen molar-refractivity contribution in [2.75, 3.05) is 0 Å². The SMILES string of the molecule is CCCCCCCCCCCCCCCCCC(=O)OC(=O)CCCCCCCCCCC.[Na+]. The zero-order chi connectivity index (χ0) is 24.2. The zero-order valence-corrected chi connectivity index (χ0v) is 25.6. The summed E-state index contributed by atoms with van der Waals surface area (Å²) in [5, 5.41) is 0. The normalized spacial score (nSPS) is 10.8. The minimum absolute atomic E-state index is 0. The van der Waals surface area contributed by atoms with Crippen LogP contribution < -0.4 is 29.6 Å².